The first-order chi connectivity index (χ1) is 8.13. The van der Waals surface area contributed by atoms with Crippen LogP contribution in [0.15, 0.2) is 11.8 Å². The number of nitriles is 1. The van der Waals surface area contributed by atoms with Crippen molar-refractivity contribution in [3.8, 4) is 6.07 Å². The topological polar surface area (TPSA) is 102 Å². The summed E-state index contributed by atoms with van der Waals surface area (Å²) in [5.74, 6) is -1.36. The fourth-order valence-corrected chi connectivity index (χ4v) is 1.14. The Hall–Kier alpha value is -2.03. The Kier molecular flexibility index (Phi) is 5.01. The standard InChI is InChI=1S/C11H15N3O3/c12-6-8(7-14-9-3-4-9)11(17)13-5-1-2-10(15)16/h7,9,14H,1-5H2,(H,13,17)(H,15,16)/b8-7-. The molecular weight excluding hydrogens is 222 g/mol. The summed E-state index contributed by atoms with van der Waals surface area (Å²) in [4.78, 5) is 21.7. The fraction of sp³-hybridized carbons (Fsp3) is 0.545. The molecule has 0 saturated heterocycles. The molecule has 17 heavy (non-hydrogen) atoms. The predicted octanol–water partition coefficient (Wildman–Crippen LogP) is 0.127. The van der Waals surface area contributed by atoms with E-state index >= 15 is 0 Å². The van der Waals surface area contributed by atoms with Gasteiger partial charge in [-0.2, -0.15) is 5.26 Å². The molecule has 1 amide bonds. The van der Waals surface area contributed by atoms with E-state index in [0.717, 1.165) is 12.8 Å². The Morgan fingerprint density at radius 1 is 1.47 bits per heavy atom. The van der Waals surface area contributed by atoms with E-state index in [9.17, 15) is 9.59 Å². The minimum Gasteiger partial charge on any atom is -0.481 e. The Bertz CT molecular complexity index is 367. The van der Waals surface area contributed by atoms with E-state index in [1.165, 1.54) is 6.20 Å². The van der Waals surface area contributed by atoms with E-state index in [0.29, 0.717) is 12.5 Å². The number of amides is 1. The monoisotopic (exact) mass is 237 g/mol. The smallest absolute Gasteiger partial charge is 0.303 e. The Balaban J connectivity index is 2.25. The van der Waals surface area contributed by atoms with Crippen LogP contribution in [-0.4, -0.2) is 29.6 Å². The number of nitrogens with one attached hydrogen (secondary N) is 2. The minimum atomic E-state index is -0.898. The number of carboxylic acid groups (broad SMARTS) is 1. The second-order valence-corrected chi connectivity index (χ2v) is 3.86. The summed E-state index contributed by atoms with van der Waals surface area (Å²) < 4.78 is 0. The average Bonchev–Trinajstić information content (AvgIpc) is 3.09. The van der Waals surface area contributed by atoms with Crippen LogP contribution in [0, 0.1) is 11.3 Å². The Labute approximate surface area is 99.3 Å². The molecule has 0 heterocycles. The lowest BCUT2D eigenvalue weighted by Crippen LogP contribution is -2.27. The van der Waals surface area contributed by atoms with E-state index in [-0.39, 0.29) is 18.5 Å². The molecule has 0 bridgehead atoms. The molecule has 92 valence electrons. The van der Waals surface area contributed by atoms with Gasteiger partial charge in [0.15, 0.2) is 0 Å². The highest BCUT2D eigenvalue weighted by molar-refractivity contribution is 5.97. The third-order valence-electron chi connectivity index (χ3n) is 2.26. The molecule has 0 atom stereocenters. The normalized spacial score (nSPS) is 14.9. The first-order valence-corrected chi connectivity index (χ1v) is 5.50. The highest BCUT2D eigenvalue weighted by atomic mass is 16.4. The van der Waals surface area contributed by atoms with Crippen molar-refractivity contribution >= 4 is 11.9 Å². The molecule has 0 aromatic rings. The quantitative estimate of drug-likeness (QED) is 0.332. The van der Waals surface area contributed by atoms with Crippen LogP contribution >= 0.6 is 0 Å². The zero-order chi connectivity index (χ0) is 12.7. The summed E-state index contributed by atoms with van der Waals surface area (Å²) in [5, 5.41) is 22.6. The molecule has 1 fully saturated rings. The molecule has 0 radical (unpaired) electrons. The van der Waals surface area contributed by atoms with Gasteiger partial charge in [0, 0.05) is 25.2 Å². The largest absolute Gasteiger partial charge is 0.481 e. The fourth-order valence-electron chi connectivity index (χ4n) is 1.14. The van der Waals surface area contributed by atoms with Gasteiger partial charge in [-0.15, -0.1) is 0 Å². The molecule has 3 N–H and O–H groups in total. The van der Waals surface area contributed by atoms with Crippen LogP contribution in [-0.2, 0) is 9.59 Å². The van der Waals surface area contributed by atoms with Gasteiger partial charge in [-0.25, -0.2) is 0 Å². The van der Waals surface area contributed by atoms with Gasteiger partial charge in [-0.3, -0.25) is 9.59 Å². The third kappa shape index (κ3) is 5.56. The Morgan fingerprint density at radius 3 is 2.71 bits per heavy atom. The van der Waals surface area contributed by atoms with Gasteiger partial charge in [-0.1, -0.05) is 0 Å². The molecule has 0 spiro atoms. The molecule has 0 aliphatic heterocycles. The number of rotatable bonds is 7. The van der Waals surface area contributed by atoms with Crippen molar-refractivity contribution in [3.05, 3.63) is 11.8 Å². The number of aliphatic carboxylic acids is 1. The van der Waals surface area contributed by atoms with Gasteiger partial charge in [0.25, 0.3) is 5.91 Å². The molecular formula is C11H15N3O3. The number of carbonyl (C=O) groups excluding carboxylic acids is 1. The molecule has 0 unspecified atom stereocenters. The van der Waals surface area contributed by atoms with Crippen LogP contribution < -0.4 is 10.6 Å². The molecule has 1 aliphatic carbocycles. The van der Waals surface area contributed by atoms with Crippen LogP contribution in [0.1, 0.15) is 25.7 Å². The number of carbonyl (C=O) groups is 2. The van der Waals surface area contributed by atoms with Crippen molar-refractivity contribution in [3.63, 3.8) is 0 Å². The maximum atomic E-state index is 11.5. The minimum absolute atomic E-state index is 0.00616. The van der Waals surface area contributed by atoms with Crippen LogP contribution in [0.4, 0.5) is 0 Å². The zero-order valence-corrected chi connectivity index (χ0v) is 9.40. The zero-order valence-electron chi connectivity index (χ0n) is 9.40. The molecule has 6 heteroatoms. The van der Waals surface area contributed by atoms with Gasteiger partial charge < -0.3 is 15.7 Å². The second-order valence-electron chi connectivity index (χ2n) is 3.86. The molecule has 1 rings (SSSR count). The molecule has 0 aromatic carbocycles. The highest BCUT2D eigenvalue weighted by Gasteiger charge is 2.20. The van der Waals surface area contributed by atoms with Crippen LogP contribution in [0.2, 0.25) is 0 Å². The Morgan fingerprint density at radius 2 is 2.18 bits per heavy atom. The number of carboxylic acids is 1. The summed E-state index contributed by atoms with van der Waals surface area (Å²) in [6, 6.07) is 2.19. The van der Waals surface area contributed by atoms with Gasteiger partial charge >= 0.3 is 5.97 Å². The van der Waals surface area contributed by atoms with Crippen molar-refractivity contribution in [1.82, 2.24) is 10.6 Å². The lowest BCUT2D eigenvalue weighted by molar-refractivity contribution is -0.137. The van der Waals surface area contributed by atoms with Crippen LogP contribution in [0.5, 0.6) is 0 Å². The van der Waals surface area contributed by atoms with E-state index in [4.69, 9.17) is 10.4 Å². The maximum Gasteiger partial charge on any atom is 0.303 e. The number of hydrogen-bond donors (Lipinski definition) is 3. The molecule has 1 aliphatic rings. The van der Waals surface area contributed by atoms with Crippen LogP contribution in [0.3, 0.4) is 0 Å². The summed E-state index contributed by atoms with van der Waals surface area (Å²) in [7, 11) is 0. The van der Waals surface area contributed by atoms with Gasteiger partial charge in [0.1, 0.15) is 11.6 Å². The molecule has 0 aromatic heterocycles. The summed E-state index contributed by atoms with van der Waals surface area (Å²) in [6.07, 6.45) is 3.91. The SMILES string of the molecule is N#C/C(=C/NC1CC1)C(=O)NCCCC(=O)O. The van der Waals surface area contributed by atoms with Crippen molar-refractivity contribution in [1.29, 1.82) is 5.26 Å². The first-order valence-electron chi connectivity index (χ1n) is 5.50. The van der Waals surface area contributed by atoms with Crippen molar-refractivity contribution in [2.24, 2.45) is 0 Å². The van der Waals surface area contributed by atoms with Gasteiger partial charge in [0.2, 0.25) is 0 Å². The summed E-state index contributed by atoms with van der Waals surface area (Å²) in [5.41, 5.74) is 0.0206. The summed E-state index contributed by atoms with van der Waals surface area (Å²) >= 11 is 0. The van der Waals surface area contributed by atoms with E-state index < -0.39 is 11.9 Å². The molecule has 1 saturated carbocycles. The van der Waals surface area contributed by atoms with Gasteiger partial charge in [-0.05, 0) is 19.3 Å². The van der Waals surface area contributed by atoms with Crippen molar-refractivity contribution in [2.45, 2.75) is 31.7 Å². The highest BCUT2D eigenvalue weighted by Crippen LogP contribution is 2.18. The van der Waals surface area contributed by atoms with E-state index in [1.54, 1.807) is 6.07 Å². The first kappa shape index (κ1) is 13.0. The van der Waals surface area contributed by atoms with Crippen LogP contribution in [0.25, 0.3) is 0 Å². The maximum absolute atomic E-state index is 11.5. The number of nitrogens with zero attached hydrogens (tertiary/aromatic N) is 1. The van der Waals surface area contributed by atoms with E-state index in [2.05, 4.69) is 10.6 Å². The lowest BCUT2D eigenvalue weighted by Gasteiger charge is -2.03. The number of hydrogen-bond acceptors (Lipinski definition) is 4. The predicted molar refractivity (Wildman–Crippen MR) is 59.7 cm³/mol. The average molecular weight is 237 g/mol. The molecule has 6 nitrogen and oxygen atoms in total. The summed E-state index contributed by atoms with van der Waals surface area (Å²) in [6.45, 7) is 0.258. The van der Waals surface area contributed by atoms with Crippen molar-refractivity contribution < 1.29 is 14.7 Å². The van der Waals surface area contributed by atoms with E-state index in [1.807, 2.05) is 0 Å². The van der Waals surface area contributed by atoms with Crippen molar-refractivity contribution in [2.75, 3.05) is 6.54 Å². The third-order valence-corrected chi connectivity index (χ3v) is 2.26. The van der Waals surface area contributed by atoms with Gasteiger partial charge in [0.05, 0.1) is 0 Å². The second kappa shape index (κ2) is 6.53. The lowest BCUT2D eigenvalue weighted by atomic mass is 10.2.